The predicted octanol–water partition coefficient (Wildman–Crippen LogP) is 2.18. The normalized spacial score (nSPS) is 12.3. The summed E-state index contributed by atoms with van der Waals surface area (Å²) in [7, 11) is 1.23. The number of aliphatic hydroxyl groups excluding tert-OH is 1. The van der Waals surface area contributed by atoms with Gasteiger partial charge in [0.15, 0.2) is 0 Å². The van der Waals surface area contributed by atoms with Gasteiger partial charge in [-0.05, 0) is 33.6 Å². The van der Waals surface area contributed by atoms with E-state index in [1.165, 1.54) is 19.2 Å². The average molecular weight is 277 g/mol. The highest BCUT2D eigenvalue weighted by atomic mass is 79.9. The lowest BCUT2D eigenvalue weighted by atomic mass is 10.1. The molecule has 1 atom stereocenters. The second-order valence-electron chi connectivity index (χ2n) is 2.97. The van der Waals surface area contributed by atoms with Crippen molar-refractivity contribution in [3.63, 3.8) is 0 Å². The lowest BCUT2D eigenvalue weighted by molar-refractivity contribution is -0.142. The Labute approximate surface area is 95.0 Å². The van der Waals surface area contributed by atoms with Gasteiger partial charge in [-0.2, -0.15) is 0 Å². The van der Waals surface area contributed by atoms with Crippen molar-refractivity contribution < 1.29 is 19.0 Å². The molecule has 0 aliphatic heterocycles. The summed E-state index contributed by atoms with van der Waals surface area (Å²) in [6, 6.07) is 4.20. The van der Waals surface area contributed by atoms with Crippen molar-refractivity contribution in [1.82, 2.24) is 0 Å². The van der Waals surface area contributed by atoms with Crippen LogP contribution in [0.5, 0.6) is 0 Å². The molecule has 0 radical (unpaired) electrons. The van der Waals surface area contributed by atoms with Crippen molar-refractivity contribution in [1.29, 1.82) is 0 Å². The molecule has 0 amide bonds. The number of hydrogen-bond donors (Lipinski definition) is 1. The number of halogens is 2. The van der Waals surface area contributed by atoms with E-state index in [9.17, 15) is 14.3 Å². The van der Waals surface area contributed by atoms with E-state index in [0.29, 0.717) is 10.0 Å². The van der Waals surface area contributed by atoms with Gasteiger partial charge >= 0.3 is 5.97 Å². The molecule has 3 nitrogen and oxygen atoms in total. The molecular weight excluding hydrogens is 267 g/mol. The van der Waals surface area contributed by atoms with Crippen LogP contribution >= 0.6 is 15.9 Å². The van der Waals surface area contributed by atoms with E-state index in [2.05, 4.69) is 20.7 Å². The number of hydrogen-bond acceptors (Lipinski definition) is 3. The Morgan fingerprint density at radius 3 is 2.87 bits per heavy atom. The van der Waals surface area contributed by atoms with Crippen molar-refractivity contribution in [3.8, 4) is 0 Å². The van der Waals surface area contributed by atoms with E-state index >= 15 is 0 Å². The summed E-state index contributed by atoms with van der Waals surface area (Å²) in [6.45, 7) is 0. The van der Waals surface area contributed by atoms with Crippen LogP contribution in [0.1, 0.15) is 18.1 Å². The van der Waals surface area contributed by atoms with E-state index in [4.69, 9.17) is 0 Å². The van der Waals surface area contributed by atoms with E-state index < -0.39 is 17.9 Å². The third-order valence-corrected chi connectivity index (χ3v) is 2.56. The molecule has 1 aromatic carbocycles. The molecule has 1 N–H and O–H groups in total. The molecule has 0 heterocycles. The van der Waals surface area contributed by atoms with Crippen molar-refractivity contribution in [2.24, 2.45) is 0 Å². The van der Waals surface area contributed by atoms with Crippen molar-refractivity contribution in [2.45, 2.75) is 12.5 Å². The topological polar surface area (TPSA) is 46.5 Å². The Morgan fingerprint density at radius 2 is 2.33 bits per heavy atom. The van der Waals surface area contributed by atoms with Crippen LogP contribution in [-0.4, -0.2) is 18.2 Å². The number of benzene rings is 1. The molecule has 0 aliphatic carbocycles. The monoisotopic (exact) mass is 276 g/mol. The number of aliphatic hydroxyl groups is 1. The molecule has 0 saturated heterocycles. The van der Waals surface area contributed by atoms with Crippen LogP contribution in [0.25, 0.3) is 0 Å². The first kappa shape index (κ1) is 12.1. The Kier molecular flexibility index (Phi) is 4.23. The molecule has 1 rings (SSSR count). The molecule has 0 spiro atoms. The van der Waals surface area contributed by atoms with Crippen LogP contribution in [0.4, 0.5) is 4.39 Å². The van der Waals surface area contributed by atoms with Crippen molar-refractivity contribution >= 4 is 21.9 Å². The first-order chi connectivity index (χ1) is 7.04. The van der Waals surface area contributed by atoms with Crippen LogP contribution in [0.15, 0.2) is 22.7 Å². The maximum atomic E-state index is 13.1. The quantitative estimate of drug-likeness (QED) is 0.861. The van der Waals surface area contributed by atoms with Gasteiger partial charge in [0, 0.05) is 0 Å². The van der Waals surface area contributed by atoms with Gasteiger partial charge in [-0.15, -0.1) is 0 Å². The second-order valence-corrected chi connectivity index (χ2v) is 3.82. The number of rotatable bonds is 3. The summed E-state index contributed by atoms with van der Waals surface area (Å²) in [5.41, 5.74) is 0.348. The SMILES string of the molecule is COC(=O)CC(O)c1ccc(Br)c(F)c1. The van der Waals surface area contributed by atoms with Gasteiger partial charge < -0.3 is 9.84 Å². The van der Waals surface area contributed by atoms with Crippen LogP contribution in [0.3, 0.4) is 0 Å². The van der Waals surface area contributed by atoms with E-state index in [-0.39, 0.29) is 6.42 Å². The summed E-state index contributed by atoms with van der Waals surface area (Å²) in [4.78, 5) is 10.9. The molecule has 1 aromatic rings. The van der Waals surface area contributed by atoms with Crippen molar-refractivity contribution in [3.05, 3.63) is 34.1 Å². The minimum Gasteiger partial charge on any atom is -0.469 e. The van der Waals surface area contributed by atoms with E-state index in [1.54, 1.807) is 6.07 Å². The summed E-state index contributed by atoms with van der Waals surface area (Å²) in [6.07, 6.45) is -1.22. The number of carbonyl (C=O) groups excluding carboxylic acids is 1. The minimum absolute atomic E-state index is 0.183. The molecule has 0 aromatic heterocycles. The molecule has 1 unspecified atom stereocenters. The Bertz CT molecular complexity index is 368. The van der Waals surface area contributed by atoms with Gasteiger partial charge in [0.25, 0.3) is 0 Å². The first-order valence-corrected chi connectivity index (χ1v) is 5.03. The lowest BCUT2D eigenvalue weighted by Gasteiger charge is -2.09. The van der Waals surface area contributed by atoms with Crippen LogP contribution < -0.4 is 0 Å². The Balaban J connectivity index is 2.78. The van der Waals surface area contributed by atoms with Gasteiger partial charge in [0.2, 0.25) is 0 Å². The fourth-order valence-electron chi connectivity index (χ4n) is 1.08. The Hall–Kier alpha value is -0.940. The number of methoxy groups -OCH3 is 1. The zero-order valence-electron chi connectivity index (χ0n) is 8.04. The zero-order valence-corrected chi connectivity index (χ0v) is 9.62. The highest BCUT2D eigenvalue weighted by Gasteiger charge is 2.14. The van der Waals surface area contributed by atoms with Gasteiger partial charge in [-0.25, -0.2) is 4.39 Å². The minimum atomic E-state index is -1.04. The number of carbonyl (C=O) groups is 1. The predicted molar refractivity (Wildman–Crippen MR) is 55.7 cm³/mol. The standard InChI is InChI=1S/C10H10BrFO3/c1-15-10(14)5-9(13)6-2-3-7(11)8(12)4-6/h2-4,9,13H,5H2,1H3. The third-order valence-electron chi connectivity index (χ3n) is 1.92. The average Bonchev–Trinajstić information content (AvgIpc) is 2.21. The molecule has 82 valence electrons. The molecule has 0 aliphatic rings. The van der Waals surface area contributed by atoms with Gasteiger partial charge in [0.1, 0.15) is 5.82 Å². The van der Waals surface area contributed by atoms with Crippen LogP contribution in [0.2, 0.25) is 0 Å². The first-order valence-electron chi connectivity index (χ1n) is 4.24. The number of esters is 1. The highest BCUT2D eigenvalue weighted by molar-refractivity contribution is 9.10. The Morgan fingerprint density at radius 1 is 1.67 bits per heavy atom. The maximum absolute atomic E-state index is 13.1. The molecule has 0 saturated carbocycles. The third kappa shape index (κ3) is 3.28. The summed E-state index contributed by atoms with van der Waals surface area (Å²) in [5, 5.41) is 9.55. The fraction of sp³-hybridized carbons (Fsp3) is 0.300. The molecular formula is C10H10BrFO3. The lowest BCUT2D eigenvalue weighted by Crippen LogP contribution is -2.08. The van der Waals surface area contributed by atoms with E-state index in [0.717, 1.165) is 0 Å². The molecule has 0 fully saturated rings. The summed E-state index contributed by atoms with van der Waals surface area (Å²) in [5.74, 6) is -1.01. The molecule has 0 bridgehead atoms. The van der Waals surface area contributed by atoms with Crippen LogP contribution in [0, 0.1) is 5.82 Å². The highest BCUT2D eigenvalue weighted by Crippen LogP contribution is 2.22. The van der Waals surface area contributed by atoms with Gasteiger partial charge in [-0.1, -0.05) is 6.07 Å². The largest absolute Gasteiger partial charge is 0.469 e. The summed E-state index contributed by atoms with van der Waals surface area (Å²) >= 11 is 2.99. The van der Waals surface area contributed by atoms with Crippen molar-refractivity contribution in [2.75, 3.05) is 7.11 Å². The van der Waals surface area contributed by atoms with Gasteiger partial charge in [-0.3, -0.25) is 4.79 Å². The fourth-order valence-corrected chi connectivity index (χ4v) is 1.33. The molecule has 15 heavy (non-hydrogen) atoms. The number of ether oxygens (including phenoxy) is 1. The molecule has 5 heteroatoms. The van der Waals surface area contributed by atoms with Crippen LogP contribution in [-0.2, 0) is 9.53 Å². The maximum Gasteiger partial charge on any atom is 0.308 e. The summed E-state index contributed by atoms with van der Waals surface area (Å²) < 4.78 is 17.8. The van der Waals surface area contributed by atoms with E-state index in [1.807, 2.05) is 0 Å². The second kappa shape index (κ2) is 5.23. The van der Waals surface area contributed by atoms with Gasteiger partial charge in [0.05, 0.1) is 24.1 Å². The zero-order chi connectivity index (χ0) is 11.4. The smallest absolute Gasteiger partial charge is 0.308 e.